The van der Waals surface area contributed by atoms with Crippen LogP contribution in [0.2, 0.25) is 0 Å². The van der Waals surface area contributed by atoms with Crippen LogP contribution in [0.25, 0.3) is 0 Å². The van der Waals surface area contributed by atoms with Gasteiger partial charge in [0.2, 0.25) is 0 Å². The minimum atomic E-state index is -0.140. The van der Waals surface area contributed by atoms with Gasteiger partial charge in [0.05, 0.1) is 13.0 Å². The fourth-order valence-electron chi connectivity index (χ4n) is 3.34. The van der Waals surface area contributed by atoms with Crippen LogP contribution in [0.5, 0.6) is 0 Å². The highest BCUT2D eigenvalue weighted by atomic mass is 127. The van der Waals surface area contributed by atoms with Crippen molar-refractivity contribution in [3.8, 4) is 0 Å². The Balaban J connectivity index is 0.00000338. The number of nitrogens with zero attached hydrogens (tertiary/aromatic N) is 3. The van der Waals surface area contributed by atoms with Crippen LogP contribution in [0.15, 0.2) is 23.2 Å². The number of halogens is 1. The van der Waals surface area contributed by atoms with Crippen molar-refractivity contribution in [3.05, 3.63) is 29.3 Å². The van der Waals surface area contributed by atoms with Crippen LogP contribution >= 0.6 is 24.0 Å². The van der Waals surface area contributed by atoms with E-state index in [0.717, 1.165) is 12.5 Å². The largest absolute Gasteiger partial charge is 0.469 e. The van der Waals surface area contributed by atoms with Gasteiger partial charge in [-0.2, -0.15) is 0 Å². The number of hydrogen-bond acceptors (Lipinski definition) is 4. The first-order valence-corrected chi connectivity index (χ1v) is 8.67. The molecule has 1 N–H and O–H groups in total. The number of esters is 1. The predicted molar refractivity (Wildman–Crippen MR) is 117 cm³/mol. The second-order valence-electron chi connectivity index (χ2n) is 6.94. The van der Waals surface area contributed by atoms with Crippen LogP contribution in [0, 0.1) is 18.8 Å². The zero-order chi connectivity index (χ0) is 18.6. The number of benzene rings is 1. The molecule has 2 rings (SSSR count). The molecular formula is C19H31IN4O2. The number of guanidine groups is 1. The summed E-state index contributed by atoms with van der Waals surface area (Å²) < 4.78 is 4.92. The Morgan fingerprint density at radius 1 is 1.38 bits per heavy atom. The lowest BCUT2D eigenvalue weighted by Gasteiger charge is -2.23. The Morgan fingerprint density at radius 3 is 2.65 bits per heavy atom. The average Bonchev–Trinajstić information content (AvgIpc) is 2.97. The predicted octanol–water partition coefficient (Wildman–Crippen LogP) is 2.50. The summed E-state index contributed by atoms with van der Waals surface area (Å²) in [6.07, 6.45) is 0. The zero-order valence-corrected chi connectivity index (χ0v) is 18.9. The van der Waals surface area contributed by atoms with Gasteiger partial charge in [-0.15, -0.1) is 24.0 Å². The second kappa shape index (κ2) is 9.99. The van der Waals surface area contributed by atoms with Gasteiger partial charge >= 0.3 is 5.97 Å². The molecule has 2 atom stereocenters. The van der Waals surface area contributed by atoms with E-state index in [2.05, 4.69) is 66.3 Å². The molecule has 26 heavy (non-hydrogen) atoms. The Labute approximate surface area is 174 Å². The monoisotopic (exact) mass is 474 g/mol. The summed E-state index contributed by atoms with van der Waals surface area (Å²) in [7, 11) is 7.33. The standard InChI is InChI=1S/C19H30N4O2.HI/c1-13-7-8-15(17(9-13)22(4)5)10-21-19(20-3)23-11-14(2)16(12-23)18(24)25-6;/h7-9,14,16H,10-12H2,1-6H3,(H,20,21);1H. The van der Waals surface area contributed by atoms with E-state index in [-0.39, 0.29) is 41.8 Å². The molecule has 0 aliphatic carbocycles. The van der Waals surface area contributed by atoms with Gasteiger partial charge in [0.25, 0.3) is 0 Å². The Morgan fingerprint density at radius 2 is 2.08 bits per heavy atom. The van der Waals surface area contributed by atoms with Crippen molar-refractivity contribution < 1.29 is 9.53 Å². The first-order valence-electron chi connectivity index (χ1n) is 8.67. The summed E-state index contributed by atoms with van der Waals surface area (Å²) in [6.45, 7) is 6.31. The molecule has 0 radical (unpaired) electrons. The summed E-state index contributed by atoms with van der Waals surface area (Å²) in [5.74, 6) is 0.838. The van der Waals surface area contributed by atoms with Gasteiger partial charge in [0.1, 0.15) is 0 Å². The van der Waals surface area contributed by atoms with Gasteiger partial charge in [-0.1, -0.05) is 19.1 Å². The molecule has 2 unspecified atom stereocenters. The van der Waals surface area contributed by atoms with Crippen molar-refractivity contribution in [1.82, 2.24) is 10.2 Å². The van der Waals surface area contributed by atoms with Gasteiger partial charge < -0.3 is 19.9 Å². The molecule has 1 fully saturated rings. The molecule has 1 heterocycles. The molecular weight excluding hydrogens is 443 g/mol. The van der Waals surface area contributed by atoms with Crippen molar-refractivity contribution in [2.75, 3.05) is 46.2 Å². The van der Waals surface area contributed by atoms with E-state index >= 15 is 0 Å². The zero-order valence-electron chi connectivity index (χ0n) is 16.6. The highest BCUT2D eigenvalue weighted by molar-refractivity contribution is 14.0. The molecule has 0 bridgehead atoms. The van der Waals surface area contributed by atoms with Crippen LogP contribution in [-0.4, -0.2) is 58.2 Å². The van der Waals surface area contributed by atoms with Crippen molar-refractivity contribution in [3.63, 3.8) is 0 Å². The van der Waals surface area contributed by atoms with Gasteiger partial charge in [-0.25, -0.2) is 0 Å². The van der Waals surface area contributed by atoms with E-state index < -0.39 is 0 Å². The Bertz CT molecular complexity index is 648. The van der Waals surface area contributed by atoms with Crippen LogP contribution < -0.4 is 10.2 Å². The average molecular weight is 474 g/mol. The minimum absolute atomic E-state index is 0. The lowest BCUT2D eigenvalue weighted by Crippen LogP contribution is -2.40. The van der Waals surface area contributed by atoms with Gasteiger partial charge in [-0.05, 0) is 30.0 Å². The molecule has 0 aromatic heterocycles. The number of nitrogens with one attached hydrogen (secondary N) is 1. The first-order chi connectivity index (χ1) is 11.9. The topological polar surface area (TPSA) is 57.2 Å². The van der Waals surface area contributed by atoms with Gasteiger partial charge in [-0.3, -0.25) is 9.79 Å². The maximum absolute atomic E-state index is 11.9. The number of carbonyl (C=O) groups is 1. The molecule has 146 valence electrons. The highest BCUT2D eigenvalue weighted by Gasteiger charge is 2.36. The third-order valence-corrected chi connectivity index (χ3v) is 4.79. The van der Waals surface area contributed by atoms with Crippen molar-refractivity contribution >= 4 is 41.6 Å². The van der Waals surface area contributed by atoms with Crippen LogP contribution in [-0.2, 0) is 16.1 Å². The summed E-state index contributed by atoms with van der Waals surface area (Å²) >= 11 is 0. The maximum atomic E-state index is 11.9. The lowest BCUT2D eigenvalue weighted by molar-refractivity contribution is -0.145. The SMILES string of the molecule is CN=C(NCc1ccc(C)cc1N(C)C)N1CC(C)C(C(=O)OC)C1.I. The van der Waals surface area contributed by atoms with E-state index in [1.54, 1.807) is 7.05 Å². The van der Waals surface area contributed by atoms with E-state index in [1.165, 1.54) is 23.9 Å². The number of methoxy groups -OCH3 is 1. The molecule has 1 saturated heterocycles. The summed E-state index contributed by atoms with van der Waals surface area (Å²) in [5, 5.41) is 3.44. The number of carbonyl (C=O) groups excluding carboxylic acids is 1. The molecule has 6 nitrogen and oxygen atoms in total. The van der Waals surface area contributed by atoms with Crippen LogP contribution in [0.1, 0.15) is 18.1 Å². The molecule has 0 amide bonds. The number of anilines is 1. The quantitative estimate of drug-likeness (QED) is 0.315. The van der Waals surface area contributed by atoms with Gasteiger partial charge in [0.15, 0.2) is 5.96 Å². The number of aliphatic imine (C=N–C) groups is 1. The molecule has 0 saturated carbocycles. The first kappa shape index (κ1) is 22.5. The fourth-order valence-corrected chi connectivity index (χ4v) is 3.34. The minimum Gasteiger partial charge on any atom is -0.469 e. The van der Waals surface area contributed by atoms with E-state index in [0.29, 0.717) is 13.1 Å². The summed E-state index contributed by atoms with van der Waals surface area (Å²) in [5.41, 5.74) is 3.66. The highest BCUT2D eigenvalue weighted by Crippen LogP contribution is 2.24. The number of rotatable bonds is 4. The lowest BCUT2D eigenvalue weighted by atomic mass is 9.99. The van der Waals surface area contributed by atoms with E-state index in [1.807, 2.05) is 0 Å². The number of hydrogen-bond donors (Lipinski definition) is 1. The van der Waals surface area contributed by atoms with E-state index in [9.17, 15) is 4.79 Å². The normalized spacial score (nSPS) is 19.8. The van der Waals surface area contributed by atoms with Crippen LogP contribution in [0.3, 0.4) is 0 Å². The maximum Gasteiger partial charge on any atom is 0.310 e. The van der Waals surface area contributed by atoms with Crippen LogP contribution in [0.4, 0.5) is 5.69 Å². The molecule has 1 aliphatic heterocycles. The second-order valence-corrected chi connectivity index (χ2v) is 6.94. The van der Waals surface area contributed by atoms with Crippen molar-refractivity contribution in [2.24, 2.45) is 16.8 Å². The number of aryl methyl sites for hydroxylation is 1. The Hall–Kier alpha value is -1.51. The Kier molecular flexibility index (Phi) is 8.66. The summed E-state index contributed by atoms with van der Waals surface area (Å²) in [6, 6.07) is 6.46. The van der Waals surface area contributed by atoms with E-state index in [4.69, 9.17) is 4.74 Å². The molecule has 1 aliphatic rings. The molecule has 7 heteroatoms. The third-order valence-electron chi connectivity index (χ3n) is 4.79. The number of ether oxygens (including phenoxy) is 1. The molecule has 0 spiro atoms. The molecule has 1 aromatic rings. The van der Waals surface area contributed by atoms with Crippen molar-refractivity contribution in [1.29, 1.82) is 0 Å². The smallest absolute Gasteiger partial charge is 0.310 e. The summed E-state index contributed by atoms with van der Waals surface area (Å²) in [4.78, 5) is 20.6. The van der Waals surface area contributed by atoms with Gasteiger partial charge in [0, 0.05) is 46.5 Å². The molecule has 1 aromatic carbocycles. The number of likely N-dealkylation sites (tertiary alicyclic amines) is 1. The third kappa shape index (κ3) is 5.25. The fraction of sp³-hybridized carbons (Fsp3) is 0.579. The van der Waals surface area contributed by atoms with Crippen molar-refractivity contribution in [2.45, 2.75) is 20.4 Å².